The zero-order valence-electron chi connectivity index (χ0n) is 12.4. The topological polar surface area (TPSA) is 60.3 Å². The predicted octanol–water partition coefficient (Wildman–Crippen LogP) is 1.89. The van der Waals surface area contributed by atoms with Gasteiger partial charge in [-0.25, -0.2) is 4.68 Å². The highest BCUT2D eigenvalue weighted by Crippen LogP contribution is 2.31. The van der Waals surface area contributed by atoms with Gasteiger partial charge in [-0.3, -0.25) is 9.69 Å². The third-order valence-electron chi connectivity index (χ3n) is 4.42. The number of hydrogen-bond donors (Lipinski definition) is 0. The van der Waals surface area contributed by atoms with Crippen LogP contribution in [0.4, 0.5) is 0 Å². The van der Waals surface area contributed by atoms with E-state index in [0.717, 1.165) is 36.6 Å². The first-order valence-electron chi connectivity index (χ1n) is 7.52. The summed E-state index contributed by atoms with van der Waals surface area (Å²) in [5.74, 6) is 0.142. The van der Waals surface area contributed by atoms with Crippen LogP contribution in [0.2, 0.25) is 0 Å². The van der Waals surface area contributed by atoms with E-state index in [1.54, 1.807) is 13.1 Å². The Hall–Kier alpha value is -1.57. The SMILES string of the molecule is CC(=O)c1cc(CN2CC[C@H]3OCc4cnnn4[C@@H]3C2)cs1. The van der Waals surface area contributed by atoms with Crippen molar-refractivity contribution < 1.29 is 9.53 Å². The Morgan fingerprint density at radius 1 is 1.55 bits per heavy atom. The summed E-state index contributed by atoms with van der Waals surface area (Å²) in [5, 5.41) is 10.3. The smallest absolute Gasteiger partial charge is 0.169 e. The van der Waals surface area contributed by atoms with Gasteiger partial charge in [-0.15, -0.1) is 16.4 Å². The number of ketones is 1. The lowest BCUT2D eigenvalue weighted by Gasteiger charge is -2.40. The van der Waals surface area contributed by atoms with E-state index in [1.165, 1.54) is 16.9 Å². The Morgan fingerprint density at radius 2 is 2.45 bits per heavy atom. The molecular formula is C15H18N4O2S. The summed E-state index contributed by atoms with van der Waals surface area (Å²) in [4.78, 5) is 14.7. The largest absolute Gasteiger partial charge is 0.370 e. The second kappa shape index (κ2) is 5.57. The molecule has 4 rings (SSSR count). The van der Waals surface area contributed by atoms with Crippen molar-refractivity contribution in [2.24, 2.45) is 0 Å². The molecule has 22 heavy (non-hydrogen) atoms. The van der Waals surface area contributed by atoms with Gasteiger partial charge in [0.2, 0.25) is 0 Å². The molecule has 0 saturated carbocycles. The minimum absolute atomic E-state index is 0.142. The number of piperidine rings is 1. The Bertz CT molecular complexity index is 695. The van der Waals surface area contributed by atoms with Crippen LogP contribution < -0.4 is 0 Å². The van der Waals surface area contributed by atoms with E-state index in [4.69, 9.17) is 4.74 Å². The zero-order chi connectivity index (χ0) is 15.1. The highest BCUT2D eigenvalue weighted by Gasteiger charge is 2.36. The number of fused-ring (bicyclic) bond motifs is 3. The van der Waals surface area contributed by atoms with Gasteiger partial charge in [-0.1, -0.05) is 5.21 Å². The number of carbonyl (C=O) groups is 1. The van der Waals surface area contributed by atoms with Gasteiger partial charge in [0.05, 0.1) is 35.5 Å². The van der Waals surface area contributed by atoms with Crippen molar-refractivity contribution >= 4 is 17.1 Å². The Balaban J connectivity index is 1.48. The van der Waals surface area contributed by atoms with Crippen LogP contribution in [-0.4, -0.2) is 44.9 Å². The molecule has 4 heterocycles. The maximum absolute atomic E-state index is 11.4. The molecule has 2 aromatic rings. The van der Waals surface area contributed by atoms with Gasteiger partial charge in [-0.2, -0.15) is 0 Å². The summed E-state index contributed by atoms with van der Waals surface area (Å²) in [6.07, 6.45) is 3.03. The van der Waals surface area contributed by atoms with Crippen LogP contribution in [0.5, 0.6) is 0 Å². The van der Waals surface area contributed by atoms with Crippen LogP contribution in [-0.2, 0) is 17.9 Å². The number of carbonyl (C=O) groups excluding carboxylic acids is 1. The van der Waals surface area contributed by atoms with Gasteiger partial charge in [0.15, 0.2) is 5.78 Å². The molecule has 1 fully saturated rings. The number of nitrogens with zero attached hydrogens (tertiary/aromatic N) is 4. The maximum atomic E-state index is 11.4. The number of rotatable bonds is 3. The van der Waals surface area contributed by atoms with Crippen molar-refractivity contribution in [3.63, 3.8) is 0 Å². The molecule has 0 spiro atoms. The lowest BCUT2D eigenvalue weighted by Crippen LogP contribution is -2.47. The van der Waals surface area contributed by atoms with Gasteiger partial charge >= 0.3 is 0 Å². The zero-order valence-corrected chi connectivity index (χ0v) is 13.3. The molecule has 2 aliphatic heterocycles. The number of hydrogen-bond acceptors (Lipinski definition) is 6. The van der Waals surface area contributed by atoms with Gasteiger partial charge in [-0.05, 0) is 30.4 Å². The standard InChI is InChI=1S/C15H18N4O2S/c1-10(20)15-4-11(9-22-15)6-18-3-2-14-13(7-18)19-12(8-21-14)5-16-17-19/h4-5,9,13-14H,2-3,6-8H2,1H3/t13-,14-/m1/s1. The third kappa shape index (κ3) is 2.49. The minimum atomic E-state index is 0.142. The van der Waals surface area contributed by atoms with Gasteiger partial charge < -0.3 is 4.74 Å². The summed E-state index contributed by atoms with van der Waals surface area (Å²) in [6, 6.07) is 2.25. The lowest BCUT2D eigenvalue weighted by atomic mass is 10.00. The molecule has 2 aliphatic rings. The Morgan fingerprint density at radius 3 is 3.27 bits per heavy atom. The van der Waals surface area contributed by atoms with Crippen LogP contribution in [0.15, 0.2) is 17.6 Å². The molecule has 2 aromatic heterocycles. The molecule has 0 aromatic carbocycles. The summed E-state index contributed by atoms with van der Waals surface area (Å²) < 4.78 is 7.95. The summed E-state index contributed by atoms with van der Waals surface area (Å²) in [5.41, 5.74) is 2.27. The predicted molar refractivity (Wildman–Crippen MR) is 81.9 cm³/mol. The van der Waals surface area contributed by atoms with Crippen LogP contribution >= 0.6 is 11.3 Å². The van der Waals surface area contributed by atoms with Crippen molar-refractivity contribution in [1.82, 2.24) is 19.9 Å². The molecule has 7 heteroatoms. The normalized spacial score (nSPS) is 24.8. The van der Waals surface area contributed by atoms with E-state index in [-0.39, 0.29) is 17.9 Å². The van der Waals surface area contributed by atoms with Crippen molar-refractivity contribution in [2.45, 2.75) is 38.6 Å². The summed E-state index contributed by atoms with van der Waals surface area (Å²) >= 11 is 1.53. The highest BCUT2D eigenvalue weighted by molar-refractivity contribution is 7.12. The van der Waals surface area contributed by atoms with E-state index in [9.17, 15) is 4.79 Å². The highest BCUT2D eigenvalue weighted by atomic mass is 32.1. The molecule has 0 radical (unpaired) electrons. The van der Waals surface area contributed by atoms with Gasteiger partial charge in [0, 0.05) is 19.6 Å². The average Bonchev–Trinajstić information content (AvgIpc) is 3.15. The minimum Gasteiger partial charge on any atom is -0.370 e. The van der Waals surface area contributed by atoms with Gasteiger partial charge in [0.25, 0.3) is 0 Å². The second-order valence-corrected chi connectivity index (χ2v) is 6.90. The van der Waals surface area contributed by atoms with Crippen molar-refractivity contribution in [3.05, 3.63) is 33.8 Å². The van der Waals surface area contributed by atoms with Crippen LogP contribution in [0.1, 0.15) is 40.3 Å². The second-order valence-electron chi connectivity index (χ2n) is 5.99. The fourth-order valence-electron chi connectivity index (χ4n) is 3.29. The van der Waals surface area contributed by atoms with Crippen molar-refractivity contribution in [1.29, 1.82) is 0 Å². The van der Waals surface area contributed by atoms with E-state index in [1.807, 2.05) is 10.7 Å². The number of thiophene rings is 1. The van der Waals surface area contributed by atoms with E-state index in [0.29, 0.717) is 6.61 Å². The van der Waals surface area contributed by atoms with Crippen molar-refractivity contribution in [2.75, 3.05) is 13.1 Å². The van der Waals surface area contributed by atoms with E-state index in [2.05, 4.69) is 20.6 Å². The molecular weight excluding hydrogens is 300 g/mol. The summed E-state index contributed by atoms with van der Waals surface area (Å²) in [6.45, 7) is 5.02. The number of aromatic nitrogens is 3. The number of ether oxygens (including phenoxy) is 1. The fraction of sp³-hybridized carbons (Fsp3) is 0.533. The van der Waals surface area contributed by atoms with Crippen LogP contribution in [0.25, 0.3) is 0 Å². The van der Waals surface area contributed by atoms with Crippen molar-refractivity contribution in [3.8, 4) is 0 Å². The fourth-order valence-corrected chi connectivity index (χ4v) is 4.10. The molecule has 0 amide bonds. The molecule has 0 aliphatic carbocycles. The lowest BCUT2D eigenvalue weighted by molar-refractivity contribution is -0.0669. The first-order chi connectivity index (χ1) is 10.7. The molecule has 6 nitrogen and oxygen atoms in total. The Labute approximate surface area is 132 Å². The van der Waals surface area contributed by atoms with Crippen LogP contribution in [0.3, 0.4) is 0 Å². The molecule has 0 bridgehead atoms. The van der Waals surface area contributed by atoms with E-state index >= 15 is 0 Å². The average molecular weight is 318 g/mol. The number of Topliss-reactive ketones (excluding diaryl/α,β-unsaturated/α-hetero) is 1. The van der Waals surface area contributed by atoms with E-state index < -0.39 is 0 Å². The Kier molecular flexibility index (Phi) is 3.56. The third-order valence-corrected chi connectivity index (χ3v) is 5.50. The monoisotopic (exact) mass is 318 g/mol. The van der Waals surface area contributed by atoms with Crippen LogP contribution in [0, 0.1) is 0 Å². The first kappa shape index (κ1) is 14.0. The first-order valence-corrected chi connectivity index (χ1v) is 8.40. The summed E-state index contributed by atoms with van der Waals surface area (Å²) in [7, 11) is 0. The molecule has 0 unspecified atom stereocenters. The molecule has 116 valence electrons. The quantitative estimate of drug-likeness (QED) is 0.809. The molecule has 1 saturated heterocycles. The maximum Gasteiger partial charge on any atom is 0.169 e. The van der Waals surface area contributed by atoms with Gasteiger partial charge in [0.1, 0.15) is 0 Å². The molecule has 0 N–H and O–H groups in total. The molecule has 2 atom stereocenters. The number of likely N-dealkylation sites (tertiary alicyclic amines) is 1.